The van der Waals surface area contributed by atoms with Gasteiger partial charge in [-0.2, -0.15) is 0 Å². The second kappa shape index (κ2) is 17.2. The molecule has 0 aromatic rings. The van der Waals surface area contributed by atoms with Gasteiger partial charge in [0.2, 0.25) is 0 Å². The SMILES string of the molecule is COC(=O)CCCCCCC/C=C\CCCCCC(=O)CC(=O)OC. The minimum Gasteiger partial charge on any atom is -0.469 e. The minimum absolute atomic E-state index is 0.0334. The quantitative estimate of drug-likeness (QED) is 0.176. The van der Waals surface area contributed by atoms with Gasteiger partial charge in [-0.25, -0.2) is 0 Å². The molecule has 144 valence electrons. The highest BCUT2D eigenvalue weighted by Crippen LogP contribution is 2.09. The van der Waals surface area contributed by atoms with E-state index in [0.717, 1.165) is 44.9 Å². The van der Waals surface area contributed by atoms with E-state index in [2.05, 4.69) is 21.6 Å². The van der Waals surface area contributed by atoms with Crippen molar-refractivity contribution < 1.29 is 23.9 Å². The third-order valence-electron chi connectivity index (χ3n) is 4.04. The van der Waals surface area contributed by atoms with Gasteiger partial charge < -0.3 is 9.47 Å². The van der Waals surface area contributed by atoms with Gasteiger partial charge in [-0.05, 0) is 38.5 Å². The molecule has 0 radical (unpaired) electrons. The summed E-state index contributed by atoms with van der Waals surface area (Å²) in [5, 5.41) is 0. The zero-order chi connectivity index (χ0) is 18.8. The smallest absolute Gasteiger partial charge is 0.313 e. The summed E-state index contributed by atoms with van der Waals surface area (Å²) in [6.45, 7) is 0. The third kappa shape index (κ3) is 17.0. The maximum Gasteiger partial charge on any atom is 0.313 e. The second-order valence-corrected chi connectivity index (χ2v) is 6.24. The van der Waals surface area contributed by atoms with Crippen molar-refractivity contribution in [1.29, 1.82) is 0 Å². The first-order chi connectivity index (χ1) is 12.1. The molecule has 0 N–H and O–H groups in total. The molecule has 0 fully saturated rings. The van der Waals surface area contributed by atoms with Crippen LogP contribution in [-0.4, -0.2) is 31.9 Å². The molecule has 5 heteroatoms. The molecule has 0 saturated heterocycles. The van der Waals surface area contributed by atoms with Crippen molar-refractivity contribution in [1.82, 2.24) is 0 Å². The van der Waals surface area contributed by atoms with Crippen LogP contribution >= 0.6 is 0 Å². The molecule has 0 aliphatic carbocycles. The fourth-order valence-corrected chi connectivity index (χ4v) is 2.48. The normalized spacial score (nSPS) is 10.8. The van der Waals surface area contributed by atoms with Gasteiger partial charge in [0.15, 0.2) is 0 Å². The maximum atomic E-state index is 11.4. The van der Waals surface area contributed by atoms with Gasteiger partial charge in [0, 0.05) is 12.8 Å². The lowest BCUT2D eigenvalue weighted by molar-refractivity contribution is -0.143. The van der Waals surface area contributed by atoms with Crippen molar-refractivity contribution in [3.63, 3.8) is 0 Å². The summed E-state index contributed by atoms with van der Waals surface area (Å²) < 4.78 is 9.07. The number of Topliss-reactive ketones (excluding diaryl/α,β-unsaturated/α-hetero) is 1. The van der Waals surface area contributed by atoms with E-state index >= 15 is 0 Å². The van der Waals surface area contributed by atoms with Crippen molar-refractivity contribution in [2.24, 2.45) is 0 Å². The van der Waals surface area contributed by atoms with E-state index in [-0.39, 0.29) is 18.2 Å². The van der Waals surface area contributed by atoms with Crippen LogP contribution in [0.1, 0.15) is 83.5 Å². The molecule has 0 aliphatic rings. The zero-order valence-electron chi connectivity index (χ0n) is 15.9. The molecule has 0 spiro atoms. The lowest BCUT2D eigenvalue weighted by atomic mass is 10.1. The molecule has 0 atom stereocenters. The highest BCUT2D eigenvalue weighted by atomic mass is 16.5. The van der Waals surface area contributed by atoms with Crippen LogP contribution in [0.2, 0.25) is 0 Å². The second-order valence-electron chi connectivity index (χ2n) is 6.24. The van der Waals surface area contributed by atoms with Gasteiger partial charge in [0.1, 0.15) is 12.2 Å². The molecule has 0 rings (SSSR count). The first kappa shape index (κ1) is 23.4. The lowest BCUT2D eigenvalue weighted by Gasteiger charge is -2.00. The summed E-state index contributed by atoms with van der Waals surface area (Å²) >= 11 is 0. The first-order valence-corrected chi connectivity index (χ1v) is 9.40. The number of allylic oxidation sites excluding steroid dienone is 2. The molecule has 0 unspecified atom stereocenters. The van der Waals surface area contributed by atoms with Crippen molar-refractivity contribution in [3.05, 3.63) is 12.2 Å². The summed E-state index contributed by atoms with van der Waals surface area (Å²) in [6.07, 6.45) is 16.0. The number of methoxy groups -OCH3 is 2. The van der Waals surface area contributed by atoms with E-state index in [1.807, 2.05) is 0 Å². The minimum atomic E-state index is -0.448. The van der Waals surface area contributed by atoms with E-state index < -0.39 is 5.97 Å². The van der Waals surface area contributed by atoms with Gasteiger partial charge in [-0.1, -0.05) is 37.8 Å². The Hall–Kier alpha value is -1.65. The molecule has 0 aromatic carbocycles. The highest BCUT2D eigenvalue weighted by molar-refractivity contribution is 5.95. The summed E-state index contributed by atoms with van der Waals surface area (Å²) in [5.74, 6) is -0.596. The number of rotatable bonds is 16. The molecule has 5 nitrogen and oxygen atoms in total. The predicted molar refractivity (Wildman–Crippen MR) is 98.2 cm³/mol. The lowest BCUT2D eigenvalue weighted by Crippen LogP contribution is -2.08. The first-order valence-electron chi connectivity index (χ1n) is 9.40. The van der Waals surface area contributed by atoms with Crippen LogP contribution < -0.4 is 0 Å². The number of ether oxygens (including phenoxy) is 2. The molecule has 0 heterocycles. The Morgan fingerprint density at radius 2 is 1.12 bits per heavy atom. The van der Waals surface area contributed by atoms with Gasteiger partial charge in [-0.15, -0.1) is 0 Å². The molecular weight excluding hydrogens is 320 g/mol. The van der Waals surface area contributed by atoms with E-state index in [1.165, 1.54) is 33.5 Å². The van der Waals surface area contributed by atoms with Crippen LogP contribution in [0.5, 0.6) is 0 Å². The van der Waals surface area contributed by atoms with Gasteiger partial charge >= 0.3 is 11.9 Å². The molecule has 0 amide bonds. The summed E-state index contributed by atoms with van der Waals surface area (Å²) in [6, 6.07) is 0. The fraction of sp³-hybridized carbons (Fsp3) is 0.750. The molecule has 0 saturated carbocycles. The average Bonchev–Trinajstić information content (AvgIpc) is 2.61. The Kier molecular flexibility index (Phi) is 16.0. The molecule has 25 heavy (non-hydrogen) atoms. The fourth-order valence-electron chi connectivity index (χ4n) is 2.48. The molecular formula is C20H34O5. The topological polar surface area (TPSA) is 69.7 Å². The average molecular weight is 354 g/mol. The van der Waals surface area contributed by atoms with Gasteiger partial charge in [0.05, 0.1) is 14.2 Å². The van der Waals surface area contributed by atoms with Crippen LogP contribution in [0, 0.1) is 0 Å². The number of unbranched alkanes of at least 4 members (excludes halogenated alkanes) is 8. The Morgan fingerprint density at radius 1 is 0.640 bits per heavy atom. The summed E-state index contributed by atoms with van der Waals surface area (Å²) in [7, 11) is 2.73. The van der Waals surface area contributed by atoms with E-state index in [1.54, 1.807) is 0 Å². The number of carbonyl (C=O) groups is 3. The number of carbonyl (C=O) groups excluding carboxylic acids is 3. The van der Waals surface area contributed by atoms with Crippen molar-refractivity contribution in [2.75, 3.05) is 14.2 Å². The molecule has 0 bridgehead atoms. The monoisotopic (exact) mass is 354 g/mol. The third-order valence-corrected chi connectivity index (χ3v) is 4.04. The number of ketones is 1. The van der Waals surface area contributed by atoms with Crippen LogP contribution in [-0.2, 0) is 23.9 Å². The Bertz CT molecular complexity index is 401. The molecule has 0 aliphatic heterocycles. The standard InChI is InChI=1S/C20H34O5/c1-24-19(22)16-14-12-10-8-6-4-3-5-7-9-11-13-15-18(21)17-20(23)25-2/h3,5H,4,6-17H2,1-2H3/b5-3-. The summed E-state index contributed by atoms with van der Waals surface area (Å²) in [5.41, 5.74) is 0. The highest BCUT2D eigenvalue weighted by Gasteiger charge is 2.08. The Labute approximate surface area is 152 Å². The largest absolute Gasteiger partial charge is 0.469 e. The zero-order valence-corrected chi connectivity index (χ0v) is 15.9. The van der Waals surface area contributed by atoms with Crippen LogP contribution in [0.15, 0.2) is 12.2 Å². The van der Waals surface area contributed by atoms with E-state index in [0.29, 0.717) is 12.8 Å². The van der Waals surface area contributed by atoms with Crippen LogP contribution in [0.25, 0.3) is 0 Å². The van der Waals surface area contributed by atoms with Crippen molar-refractivity contribution in [2.45, 2.75) is 83.5 Å². The van der Waals surface area contributed by atoms with Crippen LogP contribution in [0.4, 0.5) is 0 Å². The van der Waals surface area contributed by atoms with E-state index in [9.17, 15) is 14.4 Å². The van der Waals surface area contributed by atoms with Crippen LogP contribution in [0.3, 0.4) is 0 Å². The maximum absolute atomic E-state index is 11.4. The van der Waals surface area contributed by atoms with Crippen molar-refractivity contribution in [3.8, 4) is 0 Å². The molecule has 0 aromatic heterocycles. The summed E-state index contributed by atoms with van der Waals surface area (Å²) in [4.78, 5) is 33.3. The van der Waals surface area contributed by atoms with E-state index in [4.69, 9.17) is 0 Å². The van der Waals surface area contributed by atoms with Gasteiger partial charge in [-0.3, -0.25) is 14.4 Å². The number of hydrogen-bond donors (Lipinski definition) is 0. The number of esters is 2. The Morgan fingerprint density at radius 3 is 1.72 bits per heavy atom. The Balaban J connectivity index is 3.29. The van der Waals surface area contributed by atoms with Gasteiger partial charge in [0.25, 0.3) is 0 Å². The predicted octanol–water partition coefficient (Wildman–Crippen LogP) is 4.53. The van der Waals surface area contributed by atoms with Crippen molar-refractivity contribution >= 4 is 17.7 Å². The number of hydrogen-bond acceptors (Lipinski definition) is 5.